The standard InChI is InChI=1S/C19H15Cl2N5O/c20-14-6-7-17-24-15(12-25(17)11-14)8-22-16-9-23-26(19(27)18(16)21)10-13-4-2-1-3-5-13/h1-7,9,11-12,22H,8,10H2. The van der Waals surface area contributed by atoms with Crippen molar-refractivity contribution in [1.29, 1.82) is 0 Å². The van der Waals surface area contributed by atoms with Gasteiger partial charge in [-0.15, -0.1) is 0 Å². The highest BCUT2D eigenvalue weighted by Crippen LogP contribution is 2.17. The summed E-state index contributed by atoms with van der Waals surface area (Å²) in [5, 5.41) is 8.07. The molecule has 0 aliphatic heterocycles. The Balaban J connectivity index is 1.52. The van der Waals surface area contributed by atoms with Crippen molar-refractivity contribution in [2.45, 2.75) is 13.1 Å². The number of nitrogens with one attached hydrogen (secondary N) is 1. The lowest BCUT2D eigenvalue weighted by atomic mass is 10.2. The highest BCUT2D eigenvalue weighted by Gasteiger charge is 2.10. The summed E-state index contributed by atoms with van der Waals surface area (Å²) in [5.74, 6) is 0. The van der Waals surface area contributed by atoms with Crippen LogP contribution in [0.15, 0.2) is 65.8 Å². The van der Waals surface area contributed by atoms with Crippen molar-refractivity contribution < 1.29 is 0 Å². The van der Waals surface area contributed by atoms with Crippen molar-refractivity contribution in [3.63, 3.8) is 0 Å². The maximum atomic E-state index is 12.5. The Bertz CT molecular complexity index is 1150. The van der Waals surface area contributed by atoms with E-state index >= 15 is 0 Å². The Morgan fingerprint density at radius 2 is 1.85 bits per heavy atom. The third-order valence-electron chi connectivity index (χ3n) is 4.08. The van der Waals surface area contributed by atoms with E-state index in [-0.39, 0.29) is 10.6 Å². The Morgan fingerprint density at radius 3 is 2.67 bits per heavy atom. The van der Waals surface area contributed by atoms with Gasteiger partial charge in [0, 0.05) is 12.4 Å². The van der Waals surface area contributed by atoms with Gasteiger partial charge < -0.3 is 9.72 Å². The van der Waals surface area contributed by atoms with Gasteiger partial charge in [0.05, 0.1) is 35.7 Å². The van der Waals surface area contributed by atoms with Crippen LogP contribution in [0.5, 0.6) is 0 Å². The van der Waals surface area contributed by atoms with E-state index in [0.29, 0.717) is 23.8 Å². The minimum absolute atomic E-state index is 0.104. The predicted octanol–water partition coefficient (Wildman–Crippen LogP) is 3.86. The number of nitrogens with zero attached hydrogens (tertiary/aromatic N) is 4. The fraction of sp³-hybridized carbons (Fsp3) is 0.105. The van der Waals surface area contributed by atoms with Gasteiger partial charge in [-0.3, -0.25) is 4.79 Å². The summed E-state index contributed by atoms with van der Waals surface area (Å²) >= 11 is 12.2. The zero-order valence-electron chi connectivity index (χ0n) is 14.1. The molecule has 0 saturated heterocycles. The van der Waals surface area contributed by atoms with Crippen LogP contribution in [-0.2, 0) is 13.1 Å². The molecule has 0 aliphatic rings. The molecule has 0 spiro atoms. The number of pyridine rings is 1. The fourth-order valence-electron chi connectivity index (χ4n) is 2.75. The topological polar surface area (TPSA) is 64.2 Å². The average Bonchev–Trinajstić information content (AvgIpc) is 3.07. The Kier molecular flexibility index (Phi) is 4.83. The molecule has 0 fully saturated rings. The van der Waals surface area contributed by atoms with E-state index < -0.39 is 0 Å². The highest BCUT2D eigenvalue weighted by molar-refractivity contribution is 6.32. The smallest absolute Gasteiger partial charge is 0.287 e. The van der Waals surface area contributed by atoms with E-state index in [9.17, 15) is 4.79 Å². The molecule has 27 heavy (non-hydrogen) atoms. The van der Waals surface area contributed by atoms with Gasteiger partial charge in [0.2, 0.25) is 0 Å². The van der Waals surface area contributed by atoms with Crippen molar-refractivity contribution >= 4 is 34.5 Å². The van der Waals surface area contributed by atoms with Gasteiger partial charge in [-0.25, -0.2) is 9.67 Å². The van der Waals surface area contributed by atoms with E-state index in [1.807, 2.05) is 47.0 Å². The maximum Gasteiger partial charge on any atom is 0.287 e. The normalized spacial score (nSPS) is 11.0. The summed E-state index contributed by atoms with van der Waals surface area (Å²) in [6.07, 6.45) is 5.21. The SMILES string of the molecule is O=c1c(Cl)c(NCc2cn3cc(Cl)ccc3n2)cnn1Cc1ccccc1. The number of hydrogen-bond donors (Lipinski definition) is 1. The molecule has 4 rings (SSSR count). The van der Waals surface area contributed by atoms with E-state index in [2.05, 4.69) is 15.4 Å². The van der Waals surface area contributed by atoms with Crippen LogP contribution in [0.25, 0.3) is 5.65 Å². The van der Waals surface area contributed by atoms with Gasteiger partial charge in [-0.05, 0) is 17.7 Å². The number of halogens is 2. The third-order valence-corrected chi connectivity index (χ3v) is 4.67. The van der Waals surface area contributed by atoms with Crippen molar-refractivity contribution in [1.82, 2.24) is 19.2 Å². The molecule has 8 heteroatoms. The molecule has 0 bridgehead atoms. The summed E-state index contributed by atoms with van der Waals surface area (Å²) < 4.78 is 3.19. The van der Waals surface area contributed by atoms with Gasteiger partial charge >= 0.3 is 0 Å². The van der Waals surface area contributed by atoms with E-state index in [0.717, 1.165) is 16.9 Å². The molecule has 4 aromatic rings. The monoisotopic (exact) mass is 399 g/mol. The maximum absolute atomic E-state index is 12.5. The lowest BCUT2D eigenvalue weighted by Crippen LogP contribution is -2.24. The molecule has 0 radical (unpaired) electrons. The summed E-state index contributed by atoms with van der Waals surface area (Å²) in [5.41, 5.74) is 2.70. The van der Waals surface area contributed by atoms with Crippen LogP contribution in [-0.4, -0.2) is 19.2 Å². The van der Waals surface area contributed by atoms with Crippen molar-refractivity contribution in [2.75, 3.05) is 5.32 Å². The number of anilines is 1. The molecule has 3 aromatic heterocycles. The van der Waals surface area contributed by atoms with Crippen molar-refractivity contribution in [3.8, 4) is 0 Å². The fourth-order valence-corrected chi connectivity index (χ4v) is 3.13. The van der Waals surface area contributed by atoms with E-state index in [1.165, 1.54) is 4.68 Å². The van der Waals surface area contributed by atoms with Gasteiger partial charge in [-0.2, -0.15) is 5.10 Å². The number of hydrogen-bond acceptors (Lipinski definition) is 4. The summed E-state index contributed by atoms with van der Waals surface area (Å²) in [4.78, 5) is 17.0. The molecule has 136 valence electrons. The molecule has 3 heterocycles. The first kappa shape index (κ1) is 17.6. The molecule has 0 atom stereocenters. The molecule has 1 N–H and O–H groups in total. The average molecular weight is 400 g/mol. The minimum Gasteiger partial charge on any atom is -0.377 e. The van der Waals surface area contributed by atoms with Gasteiger partial charge in [0.25, 0.3) is 5.56 Å². The summed E-state index contributed by atoms with van der Waals surface area (Å²) in [6.45, 7) is 0.774. The second-order valence-electron chi connectivity index (χ2n) is 6.02. The molecular weight excluding hydrogens is 385 g/mol. The lowest BCUT2D eigenvalue weighted by molar-refractivity contribution is 0.640. The largest absolute Gasteiger partial charge is 0.377 e. The molecule has 0 unspecified atom stereocenters. The first-order chi connectivity index (χ1) is 13.1. The Labute approximate surface area is 165 Å². The number of fused-ring (bicyclic) bond motifs is 1. The van der Waals surface area contributed by atoms with Crippen LogP contribution in [0.3, 0.4) is 0 Å². The Morgan fingerprint density at radius 1 is 1.04 bits per heavy atom. The zero-order valence-corrected chi connectivity index (χ0v) is 15.7. The van der Waals surface area contributed by atoms with Crippen LogP contribution in [0.4, 0.5) is 5.69 Å². The quantitative estimate of drug-likeness (QED) is 0.553. The number of rotatable bonds is 5. The van der Waals surface area contributed by atoms with Crippen molar-refractivity contribution in [2.24, 2.45) is 0 Å². The predicted molar refractivity (Wildman–Crippen MR) is 107 cm³/mol. The molecule has 0 amide bonds. The molecule has 6 nitrogen and oxygen atoms in total. The molecular formula is C19H15Cl2N5O. The second-order valence-corrected chi connectivity index (χ2v) is 6.83. The van der Waals surface area contributed by atoms with Crippen molar-refractivity contribution in [3.05, 3.63) is 92.7 Å². The first-order valence-corrected chi connectivity index (χ1v) is 9.02. The van der Waals surface area contributed by atoms with Crippen LogP contribution >= 0.6 is 23.2 Å². The highest BCUT2D eigenvalue weighted by atomic mass is 35.5. The van der Waals surface area contributed by atoms with Crippen LogP contribution in [0, 0.1) is 0 Å². The lowest BCUT2D eigenvalue weighted by Gasteiger charge is -2.09. The minimum atomic E-state index is -0.340. The van der Waals surface area contributed by atoms with E-state index in [1.54, 1.807) is 18.5 Å². The van der Waals surface area contributed by atoms with E-state index in [4.69, 9.17) is 23.2 Å². The molecule has 1 aromatic carbocycles. The molecule has 0 aliphatic carbocycles. The van der Waals surface area contributed by atoms with Crippen LogP contribution in [0.1, 0.15) is 11.3 Å². The van der Waals surface area contributed by atoms with Gasteiger partial charge in [0.1, 0.15) is 10.7 Å². The van der Waals surface area contributed by atoms with Gasteiger partial charge in [-0.1, -0.05) is 53.5 Å². The van der Waals surface area contributed by atoms with Gasteiger partial charge in [0.15, 0.2) is 0 Å². The summed E-state index contributed by atoms with van der Waals surface area (Å²) in [6, 6.07) is 13.2. The summed E-state index contributed by atoms with van der Waals surface area (Å²) in [7, 11) is 0. The number of aromatic nitrogens is 4. The van der Waals surface area contributed by atoms with Crippen LogP contribution in [0.2, 0.25) is 10.0 Å². The first-order valence-electron chi connectivity index (χ1n) is 8.27. The zero-order chi connectivity index (χ0) is 18.8. The third kappa shape index (κ3) is 3.82. The Hall–Kier alpha value is -2.83. The number of imidazole rings is 1. The van der Waals surface area contributed by atoms with Crippen LogP contribution < -0.4 is 10.9 Å². The molecule has 0 saturated carbocycles. The second kappa shape index (κ2) is 7.42. The number of benzene rings is 1.